The van der Waals surface area contributed by atoms with Gasteiger partial charge in [0, 0.05) is 25.5 Å². The normalized spacial score (nSPS) is 20.3. The predicted molar refractivity (Wildman–Crippen MR) is 257 cm³/mol. The van der Waals surface area contributed by atoms with Crippen molar-refractivity contribution in [2.24, 2.45) is 5.92 Å². The van der Waals surface area contributed by atoms with Crippen molar-refractivity contribution in [1.82, 2.24) is 9.55 Å². The number of rotatable bonds is 38. The topological polar surface area (TPSA) is 283 Å². The number of carbonyl (C=O) groups is 3. The minimum atomic E-state index is -5.47. The van der Waals surface area contributed by atoms with Crippen molar-refractivity contribution in [2.75, 3.05) is 25.6 Å². The lowest BCUT2D eigenvalue weighted by atomic mass is 9.99. The highest BCUT2D eigenvalue weighted by atomic mass is 31.3. The van der Waals surface area contributed by atoms with E-state index in [1.54, 1.807) is 12.2 Å². The summed E-state index contributed by atoms with van der Waals surface area (Å²) >= 11 is 0. The second kappa shape index (κ2) is 34.6. The summed E-state index contributed by atoms with van der Waals surface area (Å²) < 4.78 is 56.4. The van der Waals surface area contributed by atoms with Crippen LogP contribution in [0.2, 0.25) is 0 Å². The van der Waals surface area contributed by atoms with E-state index >= 15 is 0 Å². The highest BCUT2D eigenvalue weighted by Crippen LogP contribution is 2.60. The molecule has 19 nitrogen and oxygen atoms in total. The van der Waals surface area contributed by atoms with Crippen LogP contribution >= 0.6 is 15.6 Å². The summed E-state index contributed by atoms with van der Waals surface area (Å²) in [6, 6.07) is 1.23. The number of aliphatic hydroxyl groups excluding tert-OH is 2. The van der Waals surface area contributed by atoms with E-state index in [0.29, 0.717) is 6.42 Å². The Bertz CT molecular complexity index is 1910. The first-order chi connectivity index (χ1) is 32.5. The molecule has 21 heteroatoms. The number of ketones is 1. The van der Waals surface area contributed by atoms with Crippen LogP contribution in [0, 0.1) is 5.92 Å². The number of nitrogens with two attached hydrogens (primary N) is 1. The predicted octanol–water partition coefficient (Wildman–Crippen LogP) is 8.42. The Morgan fingerprint density at radius 3 is 2.15 bits per heavy atom. The molecule has 0 amide bonds. The molecule has 1 aliphatic rings. The monoisotopic (exact) mass is 1000 g/mol. The van der Waals surface area contributed by atoms with Crippen LogP contribution in [-0.4, -0.2) is 91.5 Å². The average Bonchev–Trinajstić information content (AvgIpc) is 3.57. The molecule has 8 atom stereocenters. The van der Waals surface area contributed by atoms with Crippen LogP contribution in [-0.2, 0) is 51.1 Å². The minimum Gasteiger partial charge on any atom is -0.462 e. The molecule has 2 rings (SSSR count). The van der Waals surface area contributed by atoms with Gasteiger partial charge in [0.1, 0.15) is 30.7 Å². The van der Waals surface area contributed by atoms with Gasteiger partial charge in [-0.3, -0.25) is 28.0 Å². The summed E-state index contributed by atoms with van der Waals surface area (Å²) in [7, 11) is -10.9. The maximum Gasteiger partial charge on any atom is 0.481 e. The number of phosphoric acid groups is 2. The van der Waals surface area contributed by atoms with Crippen molar-refractivity contribution < 1.29 is 71.1 Å². The molecule has 3 unspecified atom stereocenters. The number of nitrogen functional groups attached to an aromatic ring is 1. The standard InChI is InChI=1S/C47H77N3O16P2/c1-4-6-7-8-9-10-11-12-13-14-18-21-24-28-38(51)29-26-31-42(52)61-34-39(64-43(53)30-25-22-19-16-15-17-20-23-27-37(3)5-2)35-62-67(57,58)66-68(59,60)63-36-40-44(54)45(55)46(65-40)50-33-32-41(48)49-47(50)56/h9-10,12-13,18,21,24,28,32-33,37,39-40,44-46,54-55H,4-8,11,14-17,19-20,22-23,25-27,29-31,34-36H2,1-3H3,(H,57,58)(H,59,60)(H2,48,49,56)/b10-9-,13-12-,21-18-,28-24+/t37?,39-,40-,44-,45-,46-/m1/s1. The fourth-order valence-electron chi connectivity index (χ4n) is 6.77. The van der Waals surface area contributed by atoms with E-state index in [1.807, 2.05) is 12.2 Å². The Labute approximate surface area is 401 Å². The highest BCUT2D eigenvalue weighted by Gasteiger charge is 2.46. The van der Waals surface area contributed by atoms with E-state index in [1.165, 1.54) is 57.1 Å². The minimum absolute atomic E-state index is 0.00118. The van der Waals surface area contributed by atoms with Gasteiger partial charge in [-0.05, 0) is 56.6 Å². The van der Waals surface area contributed by atoms with Crippen molar-refractivity contribution in [3.05, 3.63) is 71.4 Å². The Morgan fingerprint density at radius 1 is 0.809 bits per heavy atom. The van der Waals surface area contributed by atoms with Crippen molar-refractivity contribution in [3.8, 4) is 0 Å². The zero-order valence-corrected chi connectivity index (χ0v) is 41.8. The number of unbranched alkanes of at least 4 members (excludes halogenated alkanes) is 10. The van der Waals surface area contributed by atoms with Gasteiger partial charge in [0.25, 0.3) is 0 Å². The Balaban J connectivity index is 1.87. The molecule has 1 saturated heterocycles. The molecule has 1 fully saturated rings. The SMILES string of the molecule is CCCCC/C=C\C/C=C\C/C=C\C=C\C(=O)CCCC(=O)OC[C@H](COP(=O)(O)OP(=O)(O)OC[C@H]1O[C@@H](n2ccc(N)nc2=O)[C@H](O)[C@@H]1O)OC(=O)CCCCCCCCCCC(C)CC. The molecule has 0 radical (unpaired) electrons. The molecular weight excluding hydrogens is 924 g/mol. The summed E-state index contributed by atoms with van der Waals surface area (Å²) in [5, 5.41) is 20.9. The summed E-state index contributed by atoms with van der Waals surface area (Å²) in [5.41, 5.74) is 4.56. The second-order valence-corrected chi connectivity index (χ2v) is 19.9. The lowest BCUT2D eigenvalue weighted by Crippen LogP contribution is -2.36. The first-order valence-corrected chi connectivity index (χ1v) is 27.0. The average molecular weight is 1000 g/mol. The second-order valence-electron chi connectivity index (χ2n) is 16.9. The number of aromatic nitrogens is 2. The summed E-state index contributed by atoms with van der Waals surface area (Å²) in [4.78, 5) is 74.0. The van der Waals surface area contributed by atoms with E-state index in [9.17, 15) is 48.3 Å². The Morgan fingerprint density at radius 2 is 1.46 bits per heavy atom. The number of aliphatic hydroxyl groups is 2. The van der Waals surface area contributed by atoms with Crippen molar-refractivity contribution in [2.45, 2.75) is 180 Å². The molecule has 6 N–H and O–H groups in total. The van der Waals surface area contributed by atoms with Crippen LogP contribution in [0.25, 0.3) is 0 Å². The molecule has 0 aliphatic carbocycles. The van der Waals surface area contributed by atoms with Gasteiger partial charge in [-0.25, -0.2) is 13.9 Å². The summed E-state index contributed by atoms with van der Waals surface area (Å²) in [5.74, 6) is -1.02. The maximum absolute atomic E-state index is 12.8. The van der Waals surface area contributed by atoms with E-state index < -0.39 is 83.7 Å². The molecule has 0 saturated carbocycles. The molecule has 68 heavy (non-hydrogen) atoms. The number of carbonyl (C=O) groups excluding carboxylic acids is 3. The molecule has 1 aromatic rings. The van der Waals surface area contributed by atoms with Crippen molar-refractivity contribution >= 4 is 39.2 Å². The van der Waals surface area contributed by atoms with Crippen molar-refractivity contribution in [1.29, 1.82) is 0 Å². The zero-order valence-electron chi connectivity index (χ0n) is 40.1. The van der Waals surface area contributed by atoms with Crippen LogP contribution in [0.3, 0.4) is 0 Å². The quantitative estimate of drug-likeness (QED) is 0.0104. The van der Waals surface area contributed by atoms with Gasteiger partial charge < -0.3 is 39.9 Å². The number of esters is 2. The first kappa shape index (κ1) is 60.5. The number of allylic oxidation sites excluding steroid dienone is 8. The molecule has 2 heterocycles. The lowest BCUT2D eigenvalue weighted by molar-refractivity contribution is -0.161. The van der Waals surface area contributed by atoms with E-state index in [-0.39, 0.29) is 37.3 Å². The lowest BCUT2D eigenvalue weighted by Gasteiger charge is -2.21. The van der Waals surface area contributed by atoms with Gasteiger partial charge in [-0.15, -0.1) is 0 Å². The van der Waals surface area contributed by atoms with E-state index in [0.717, 1.165) is 68.0 Å². The number of hydrogen-bond acceptors (Lipinski definition) is 16. The first-order valence-electron chi connectivity index (χ1n) is 24.0. The van der Waals surface area contributed by atoms with Gasteiger partial charge in [-0.1, -0.05) is 134 Å². The molecule has 1 aliphatic heterocycles. The van der Waals surface area contributed by atoms with Crippen LogP contribution in [0.1, 0.15) is 155 Å². The fraction of sp³-hybridized carbons (Fsp3) is 0.681. The molecule has 386 valence electrons. The van der Waals surface area contributed by atoms with Crippen LogP contribution < -0.4 is 11.4 Å². The third-order valence-electron chi connectivity index (χ3n) is 10.9. The largest absolute Gasteiger partial charge is 0.481 e. The molecule has 0 spiro atoms. The van der Waals surface area contributed by atoms with Crippen molar-refractivity contribution in [3.63, 3.8) is 0 Å². The summed E-state index contributed by atoms with van der Waals surface area (Å²) in [6.45, 7) is 4.14. The molecule has 0 bridgehead atoms. The number of phosphoric ester groups is 2. The smallest absolute Gasteiger partial charge is 0.462 e. The van der Waals surface area contributed by atoms with Gasteiger partial charge in [0.05, 0.1) is 13.2 Å². The maximum atomic E-state index is 12.8. The number of nitrogens with zero attached hydrogens (tertiary/aromatic N) is 2. The number of anilines is 1. The number of hydrogen-bond donors (Lipinski definition) is 5. The molecule has 0 aromatic carbocycles. The van der Waals surface area contributed by atoms with Gasteiger partial charge >= 0.3 is 33.3 Å². The Kier molecular flexibility index (Phi) is 30.8. The third kappa shape index (κ3) is 27.5. The summed E-state index contributed by atoms with van der Waals surface area (Å²) in [6.07, 6.45) is 25.2. The fourth-order valence-corrected chi connectivity index (χ4v) is 8.88. The van der Waals surface area contributed by atoms with Gasteiger partial charge in [0.2, 0.25) is 0 Å². The van der Waals surface area contributed by atoms with Crippen LogP contribution in [0.5, 0.6) is 0 Å². The van der Waals surface area contributed by atoms with E-state index in [4.69, 9.17) is 29.0 Å². The van der Waals surface area contributed by atoms with E-state index in [2.05, 4.69) is 48.3 Å². The number of ether oxygens (including phenoxy) is 3. The van der Waals surface area contributed by atoms with Crippen LogP contribution in [0.15, 0.2) is 65.7 Å². The molecular formula is C47H77N3O16P2. The third-order valence-corrected chi connectivity index (χ3v) is 13.5. The van der Waals surface area contributed by atoms with Gasteiger partial charge in [-0.2, -0.15) is 9.29 Å². The van der Waals surface area contributed by atoms with Gasteiger partial charge in [0.15, 0.2) is 18.1 Å². The molecule has 1 aromatic heterocycles. The van der Waals surface area contributed by atoms with Crippen LogP contribution in [0.4, 0.5) is 5.82 Å². The zero-order chi connectivity index (χ0) is 50.2. The highest BCUT2D eigenvalue weighted by molar-refractivity contribution is 7.61. The Hall–Kier alpha value is -3.61.